The van der Waals surface area contributed by atoms with Gasteiger partial charge in [-0.05, 0) is 41.1 Å². The van der Waals surface area contributed by atoms with E-state index in [0.717, 1.165) is 25.1 Å². The first-order valence-corrected chi connectivity index (χ1v) is 7.34. The molecule has 0 saturated carbocycles. The SMILES string of the molecule is O=C(NCCc1cccs1)c1ccc2c(c1)CNC2. The van der Waals surface area contributed by atoms with Crippen molar-refractivity contribution in [3.8, 4) is 0 Å². The maximum absolute atomic E-state index is 12.0. The first kappa shape index (κ1) is 12.4. The normalized spacial score (nSPS) is 13.3. The molecule has 0 saturated heterocycles. The Bertz CT molecular complexity index is 578. The highest BCUT2D eigenvalue weighted by Crippen LogP contribution is 2.17. The summed E-state index contributed by atoms with van der Waals surface area (Å²) in [6, 6.07) is 10.1. The summed E-state index contributed by atoms with van der Waals surface area (Å²) in [5.74, 6) is 0.0197. The van der Waals surface area contributed by atoms with Crippen LogP contribution in [0.3, 0.4) is 0 Å². The van der Waals surface area contributed by atoms with Crippen LogP contribution < -0.4 is 10.6 Å². The van der Waals surface area contributed by atoms with Crippen molar-refractivity contribution in [2.75, 3.05) is 6.54 Å². The van der Waals surface area contributed by atoms with E-state index in [4.69, 9.17) is 0 Å². The molecular weight excluding hydrogens is 256 g/mol. The van der Waals surface area contributed by atoms with Crippen LogP contribution in [0.5, 0.6) is 0 Å². The molecule has 1 aliphatic rings. The number of rotatable bonds is 4. The lowest BCUT2D eigenvalue weighted by Gasteiger charge is -2.06. The standard InChI is InChI=1S/C15H16N2OS/c18-15(17-6-5-14-2-1-7-19-14)11-3-4-12-9-16-10-13(12)8-11/h1-4,7-8,16H,5-6,9-10H2,(H,17,18). The fraction of sp³-hybridized carbons (Fsp3) is 0.267. The molecule has 0 unspecified atom stereocenters. The van der Waals surface area contributed by atoms with E-state index in [9.17, 15) is 4.79 Å². The summed E-state index contributed by atoms with van der Waals surface area (Å²) in [4.78, 5) is 13.3. The Morgan fingerprint density at radius 1 is 1.26 bits per heavy atom. The Morgan fingerprint density at radius 2 is 2.16 bits per heavy atom. The monoisotopic (exact) mass is 272 g/mol. The highest BCUT2D eigenvalue weighted by atomic mass is 32.1. The van der Waals surface area contributed by atoms with E-state index in [2.05, 4.69) is 22.1 Å². The molecule has 98 valence electrons. The van der Waals surface area contributed by atoms with Crippen LogP contribution in [0.4, 0.5) is 0 Å². The molecule has 1 amide bonds. The average molecular weight is 272 g/mol. The van der Waals surface area contributed by atoms with Gasteiger partial charge in [-0.15, -0.1) is 11.3 Å². The van der Waals surface area contributed by atoms with Gasteiger partial charge in [-0.25, -0.2) is 0 Å². The van der Waals surface area contributed by atoms with Crippen LogP contribution in [0.1, 0.15) is 26.4 Å². The van der Waals surface area contributed by atoms with Crippen LogP contribution in [0.25, 0.3) is 0 Å². The number of thiophene rings is 1. The first-order valence-electron chi connectivity index (χ1n) is 6.46. The molecule has 2 heterocycles. The van der Waals surface area contributed by atoms with Gasteiger partial charge in [0.1, 0.15) is 0 Å². The molecule has 2 N–H and O–H groups in total. The predicted octanol–water partition coefficient (Wildman–Crippen LogP) is 2.32. The van der Waals surface area contributed by atoms with Crippen LogP contribution in [-0.4, -0.2) is 12.5 Å². The summed E-state index contributed by atoms with van der Waals surface area (Å²) in [6.07, 6.45) is 0.899. The van der Waals surface area contributed by atoms with E-state index in [0.29, 0.717) is 6.54 Å². The number of carbonyl (C=O) groups excluding carboxylic acids is 1. The maximum Gasteiger partial charge on any atom is 0.251 e. The minimum Gasteiger partial charge on any atom is -0.352 e. The Morgan fingerprint density at radius 3 is 3.00 bits per heavy atom. The lowest BCUT2D eigenvalue weighted by atomic mass is 10.1. The van der Waals surface area contributed by atoms with E-state index in [-0.39, 0.29) is 5.91 Å². The average Bonchev–Trinajstić information content (AvgIpc) is 3.08. The summed E-state index contributed by atoms with van der Waals surface area (Å²) in [5, 5.41) is 8.32. The van der Waals surface area contributed by atoms with Gasteiger partial charge >= 0.3 is 0 Å². The molecule has 1 aromatic carbocycles. The number of amides is 1. The van der Waals surface area contributed by atoms with Crippen LogP contribution in [-0.2, 0) is 19.5 Å². The van der Waals surface area contributed by atoms with Gasteiger partial charge in [-0.1, -0.05) is 12.1 Å². The van der Waals surface area contributed by atoms with Crippen molar-refractivity contribution in [1.29, 1.82) is 0 Å². The molecule has 0 radical (unpaired) electrons. The number of carbonyl (C=O) groups is 1. The van der Waals surface area contributed by atoms with Gasteiger partial charge in [0.05, 0.1) is 0 Å². The zero-order valence-electron chi connectivity index (χ0n) is 10.6. The second-order valence-corrected chi connectivity index (χ2v) is 5.70. The zero-order valence-corrected chi connectivity index (χ0v) is 11.4. The van der Waals surface area contributed by atoms with Crippen molar-refractivity contribution >= 4 is 17.2 Å². The largest absolute Gasteiger partial charge is 0.352 e. The van der Waals surface area contributed by atoms with Crippen LogP contribution in [0.2, 0.25) is 0 Å². The van der Waals surface area contributed by atoms with Gasteiger partial charge in [0, 0.05) is 30.1 Å². The van der Waals surface area contributed by atoms with Gasteiger partial charge in [-0.2, -0.15) is 0 Å². The summed E-state index contributed by atoms with van der Waals surface area (Å²) < 4.78 is 0. The quantitative estimate of drug-likeness (QED) is 0.897. The van der Waals surface area contributed by atoms with E-state index >= 15 is 0 Å². The number of hydrogen-bond acceptors (Lipinski definition) is 3. The van der Waals surface area contributed by atoms with E-state index in [1.54, 1.807) is 11.3 Å². The molecular formula is C15H16N2OS. The smallest absolute Gasteiger partial charge is 0.251 e. The molecule has 4 heteroatoms. The molecule has 0 atom stereocenters. The number of benzene rings is 1. The fourth-order valence-corrected chi connectivity index (χ4v) is 3.00. The van der Waals surface area contributed by atoms with Crippen LogP contribution in [0, 0.1) is 0 Å². The summed E-state index contributed by atoms with van der Waals surface area (Å²) in [6.45, 7) is 2.47. The Balaban J connectivity index is 1.58. The highest BCUT2D eigenvalue weighted by molar-refractivity contribution is 7.09. The Kier molecular flexibility index (Phi) is 3.62. The van der Waals surface area contributed by atoms with Crippen molar-refractivity contribution in [3.05, 3.63) is 57.3 Å². The molecule has 0 fully saturated rings. The third kappa shape index (κ3) is 2.85. The van der Waals surface area contributed by atoms with Crippen molar-refractivity contribution in [2.24, 2.45) is 0 Å². The molecule has 0 bridgehead atoms. The molecule has 2 aromatic rings. The molecule has 19 heavy (non-hydrogen) atoms. The highest BCUT2D eigenvalue weighted by Gasteiger charge is 2.13. The Hall–Kier alpha value is -1.65. The van der Waals surface area contributed by atoms with E-state index in [1.807, 2.05) is 24.3 Å². The van der Waals surface area contributed by atoms with Crippen LogP contribution >= 0.6 is 11.3 Å². The molecule has 3 nitrogen and oxygen atoms in total. The first-order chi connectivity index (χ1) is 9.33. The molecule has 3 rings (SSSR count). The molecule has 0 aliphatic carbocycles. The number of fused-ring (bicyclic) bond motifs is 1. The topological polar surface area (TPSA) is 41.1 Å². The lowest BCUT2D eigenvalue weighted by Crippen LogP contribution is -2.25. The number of nitrogens with one attached hydrogen (secondary N) is 2. The van der Waals surface area contributed by atoms with E-state index in [1.165, 1.54) is 16.0 Å². The number of hydrogen-bond donors (Lipinski definition) is 2. The third-order valence-electron chi connectivity index (χ3n) is 3.34. The van der Waals surface area contributed by atoms with Crippen molar-refractivity contribution in [3.63, 3.8) is 0 Å². The molecule has 1 aromatic heterocycles. The zero-order chi connectivity index (χ0) is 13.1. The minimum absolute atomic E-state index is 0.0197. The third-order valence-corrected chi connectivity index (χ3v) is 4.27. The van der Waals surface area contributed by atoms with Crippen LogP contribution in [0.15, 0.2) is 35.7 Å². The van der Waals surface area contributed by atoms with Gasteiger partial charge in [0.2, 0.25) is 0 Å². The molecule has 1 aliphatic heterocycles. The lowest BCUT2D eigenvalue weighted by molar-refractivity contribution is 0.0954. The van der Waals surface area contributed by atoms with E-state index < -0.39 is 0 Å². The van der Waals surface area contributed by atoms with Crippen molar-refractivity contribution in [2.45, 2.75) is 19.5 Å². The van der Waals surface area contributed by atoms with Crippen molar-refractivity contribution in [1.82, 2.24) is 10.6 Å². The predicted molar refractivity (Wildman–Crippen MR) is 77.3 cm³/mol. The maximum atomic E-state index is 12.0. The second-order valence-electron chi connectivity index (χ2n) is 4.67. The molecule has 0 spiro atoms. The Labute approximate surface area is 116 Å². The van der Waals surface area contributed by atoms with Gasteiger partial charge in [0.15, 0.2) is 0 Å². The fourth-order valence-electron chi connectivity index (χ4n) is 2.29. The second kappa shape index (κ2) is 5.55. The van der Waals surface area contributed by atoms with Gasteiger partial charge in [0.25, 0.3) is 5.91 Å². The van der Waals surface area contributed by atoms with Gasteiger partial charge < -0.3 is 10.6 Å². The van der Waals surface area contributed by atoms with Gasteiger partial charge in [-0.3, -0.25) is 4.79 Å². The van der Waals surface area contributed by atoms with Crippen molar-refractivity contribution < 1.29 is 4.79 Å². The summed E-state index contributed by atoms with van der Waals surface area (Å²) >= 11 is 1.73. The minimum atomic E-state index is 0.0197. The summed E-state index contributed by atoms with van der Waals surface area (Å²) in [7, 11) is 0. The summed E-state index contributed by atoms with van der Waals surface area (Å²) in [5.41, 5.74) is 3.30.